The summed E-state index contributed by atoms with van der Waals surface area (Å²) < 4.78 is 31.6. The van der Waals surface area contributed by atoms with Gasteiger partial charge in [-0.2, -0.15) is 5.10 Å². The van der Waals surface area contributed by atoms with Crippen molar-refractivity contribution < 1.29 is 23.1 Å². The van der Waals surface area contributed by atoms with Crippen molar-refractivity contribution >= 4 is 12.4 Å². The quantitative estimate of drug-likeness (QED) is 0.860. The first-order valence-corrected chi connectivity index (χ1v) is 6.31. The van der Waals surface area contributed by atoms with Gasteiger partial charge in [0.15, 0.2) is 11.4 Å². The van der Waals surface area contributed by atoms with E-state index in [2.05, 4.69) is 9.84 Å². The fraction of sp³-hybridized carbons (Fsp3) is 0.583. The predicted octanol–water partition coefficient (Wildman–Crippen LogP) is 2.21. The molecule has 1 heterocycles. The van der Waals surface area contributed by atoms with Crippen LogP contribution in [0.15, 0.2) is 6.20 Å². The third kappa shape index (κ3) is 3.12. The molecule has 8 heteroatoms. The highest BCUT2D eigenvalue weighted by molar-refractivity contribution is 5.68. The van der Waals surface area contributed by atoms with Gasteiger partial charge in [-0.25, -0.2) is 13.6 Å². The van der Waals surface area contributed by atoms with Gasteiger partial charge in [-0.1, -0.05) is 0 Å². The van der Waals surface area contributed by atoms with Crippen molar-refractivity contribution in [3.05, 3.63) is 11.9 Å². The third-order valence-electron chi connectivity index (χ3n) is 3.45. The van der Waals surface area contributed by atoms with E-state index in [9.17, 15) is 18.4 Å². The van der Waals surface area contributed by atoms with E-state index in [-0.39, 0.29) is 17.7 Å². The van der Waals surface area contributed by atoms with Crippen molar-refractivity contribution in [3.8, 4) is 5.75 Å². The molecule has 0 bridgehead atoms. The number of carbonyl (C=O) groups excluding carboxylic acids is 2. The number of halogens is 2. The molecule has 0 atom stereocenters. The molecule has 1 aliphatic carbocycles. The Labute approximate surface area is 113 Å². The number of aldehydes is 1. The van der Waals surface area contributed by atoms with Crippen LogP contribution in [0.1, 0.15) is 43.8 Å². The number of carbonyl (C=O) groups is 2. The van der Waals surface area contributed by atoms with E-state index >= 15 is 0 Å². The number of nitrogens with zero attached hydrogens (tertiary/aromatic N) is 2. The lowest BCUT2D eigenvalue weighted by Gasteiger charge is -2.25. The molecule has 20 heavy (non-hydrogen) atoms. The molecular formula is C12H15F2N3O3. The number of rotatable bonds is 4. The van der Waals surface area contributed by atoms with Crippen LogP contribution in [0, 0.1) is 5.92 Å². The Morgan fingerprint density at radius 2 is 2.10 bits per heavy atom. The molecule has 0 saturated heterocycles. The van der Waals surface area contributed by atoms with Gasteiger partial charge in [-0.15, -0.1) is 0 Å². The SMILES string of the molecule is NC(=O)Oc1cn(C2CCC(C=O)CC2)nc1C(F)F. The molecule has 1 aliphatic rings. The monoisotopic (exact) mass is 287 g/mol. The molecule has 0 unspecified atom stereocenters. The molecule has 0 radical (unpaired) electrons. The van der Waals surface area contributed by atoms with Gasteiger partial charge < -0.3 is 15.3 Å². The normalized spacial score (nSPS) is 22.8. The second kappa shape index (κ2) is 5.98. The summed E-state index contributed by atoms with van der Waals surface area (Å²) in [5.41, 5.74) is 4.24. The van der Waals surface area contributed by atoms with Gasteiger partial charge in [0, 0.05) is 5.92 Å². The molecule has 2 N–H and O–H groups in total. The number of hydrogen-bond donors (Lipinski definition) is 1. The van der Waals surface area contributed by atoms with Crippen molar-refractivity contribution in [2.24, 2.45) is 11.7 Å². The van der Waals surface area contributed by atoms with E-state index < -0.39 is 18.2 Å². The molecule has 1 amide bonds. The average Bonchev–Trinajstić information content (AvgIpc) is 2.82. The molecule has 2 rings (SSSR count). The molecule has 0 aromatic carbocycles. The highest BCUT2D eigenvalue weighted by atomic mass is 19.3. The van der Waals surface area contributed by atoms with E-state index in [1.165, 1.54) is 10.9 Å². The lowest BCUT2D eigenvalue weighted by atomic mass is 9.87. The van der Waals surface area contributed by atoms with E-state index in [0.717, 1.165) is 6.29 Å². The maximum Gasteiger partial charge on any atom is 0.410 e. The van der Waals surface area contributed by atoms with Gasteiger partial charge in [0.25, 0.3) is 6.43 Å². The van der Waals surface area contributed by atoms with Crippen molar-refractivity contribution in [2.75, 3.05) is 0 Å². The van der Waals surface area contributed by atoms with Crippen molar-refractivity contribution in [1.82, 2.24) is 9.78 Å². The average molecular weight is 287 g/mol. The Balaban J connectivity index is 2.16. The second-order valence-corrected chi connectivity index (χ2v) is 4.79. The second-order valence-electron chi connectivity index (χ2n) is 4.79. The molecule has 1 fully saturated rings. The summed E-state index contributed by atoms with van der Waals surface area (Å²) in [6, 6.07) is -0.0751. The van der Waals surface area contributed by atoms with Crippen LogP contribution in [0.3, 0.4) is 0 Å². The molecule has 0 spiro atoms. The Kier molecular flexibility index (Phi) is 4.31. The first kappa shape index (κ1) is 14.4. The maximum absolute atomic E-state index is 12.8. The Morgan fingerprint density at radius 3 is 2.60 bits per heavy atom. The lowest BCUT2D eigenvalue weighted by Crippen LogP contribution is -2.19. The van der Waals surface area contributed by atoms with Gasteiger partial charge in [-0.3, -0.25) is 4.68 Å². The summed E-state index contributed by atoms with van der Waals surface area (Å²) in [6.07, 6.45) is 0.915. The summed E-state index contributed by atoms with van der Waals surface area (Å²) in [4.78, 5) is 21.4. The number of primary amides is 1. The summed E-state index contributed by atoms with van der Waals surface area (Å²) in [5.74, 6) is -0.289. The Bertz CT molecular complexity index is 496. The number of aromatic nitrogens is 2. The highest BCUT2D eigenvalue weighted by Gasteiger charge is 2.27. The van der Waals surface area contributed by atoms with Crippen LogP contribution in [0.4, 0.5) is 13.6 Å². The molecule has 1 saturated carbocycles. The Hall–Kier alpha value is -1.99. The zero-order valence-corrected chi connectivity index (χ0v) is 10.7. The topological polar surface area (TPSA) is 87.2 Å². The van der Waals surface area contributed by atoms with E-state index in [1.807, 2.05) is 0 Å². The Morgan fingerprint density at radius 1 is 1.45 bits per heavy atom. The zero-order valence-electron chi connectivity index (χ0n) is 10.7. The smallest absolute Gasteiger partial charge is 0.407 e. The minimum Gasteiger partial charge on any atom is -0.407 e. The fourth-order valence-electron chi connectivity index (χ4n) is 2.42. The van der Waals surface area contributed by atoms with Crippen molar-refractivity contribution in [1.29, 1.82) is 0 Å². The number of amides is 1. The molecule has 1 aromatic rings. The highest BCUT2D eigenvalue weighted by Crippen LogP contribution is 2.34. The molecular weight excluding hydrogens is 272 g/mol. The summed E-state index contributed by atoms with van der Waals surface area (Å²) >= 11 is 0. The van der Waals surface area contributed by atoms with Crippen molar-refractivity contribution in [3.63, 3.8) is 0 Å². The predicted molar refractivity (Wildman–Crippen MR) is 64.5 cm³/mol. The number of hydrogen-bond acceptors (Lipinski definition) is 4. The number of nitrogens with two attached hydrogens (primary N) is 1. The standard InChI is InChI=1S/C12H15F2N3O3/c13-11(14)10-9(20-12(15)19)5-17(16-10)8-3-1-7(6-18)2-4-8/h5-8,11H,1-4H2,(H2,15,19). The van der Waals surface area contributed by atoms with Crippen LogP contribution in [-0.2, 0) is 4.79 Å². The summed E-state index contributed by atoms with van der Waals surface area (Å²) in [6.45, 7) is 0. The molecule has 0 aliphatic heterocycles. The first-order chi connectivity index (χ1) is 9.51. The maximum atomic E-state index is 12.8. The third-order valence-corrected chi connectivity index (χ3v) is 3.45. The minimum absolute atomic E-state index is 0.0257. The number of ether oxygens (including phenoxy) is 1. The van der Waals surface area contributed by atoms with Gasteiger partial charge in [-0.05, 0) is 25.7 Å². The van der Waals surface area contributed by atoms with Gasteiger partial charge in [0.05, 0.1) is 12.2 Å². The summed E-state index contributed by atoms with van der Waals surface area (Å²) in [5, 5.41) is 3.78. The van der Waals surface area contributed by atoms with E-state index in [0.29, 0.717) is 25.7 Å². The molecule has 110 valence electrons. The van der Waals surface area contributed by atoms with Gasteiger partial charge in [0.1, 0.15) is 6.29 Å². The van der Waals surface area contributed by atoms with Crippen LogP contribution in [0.2, 0.25) is 0 Å². The lowest BCUT2D eigenvalue weighted by molar-refractivity contribution is -0.112. The van der Waals surface area contributed by atoms with Crippen LogP contribution < -0.4 is 10.5 Å². The van der Waals surface area contributed by atoms with Crippen LogP contribution in [0.25, 0.3) is 0 Å². The van der Waals surface area contributed by atoms with Crippen LogP contribution in [0.5, 0.6) is 5.75 Å². The van der Waals surface area contributed by atoms with E-state index in [1.54, 1.807) is 0 Å². The fourth-order valence-corrected chi connectivity index (χ4v) is 2.42. The van der Waals surface area contributed by atoms with Crippen molar-refractivity contribution in [2.45, 2.75) is 38.2 Å². The summed E-state index contributed by atoms with van der Waals surface area (Å²) in [7, 11) is 0. The number of alkyl halides is 2. The molecule has 1 aromatic heterocycles. The first-order valence-electron chi connectivity index (χ1n) is 6.31. The minimum atomic E-state index is -2.85. The van der Waals surface area contributed by atoms with Crippen LogP contribution in [-0.4, -0.2) is 22.2 Å². The van der Waals surface area contributed by atoms with E-state index in [4.69, 9.17) is 5.73 Å². The zero-order chi connectivity index (χ0) is 14.7. The molecule has 6 nitrogen and oxygen atoms in total. The largest absolute Gasteiger partial charge is 0.410 e. The van der Waals surface area contributed by atoms with Crippen LogP contribution >= 0.6 is 0 Å². The van der Waals surface area contributed by atoms with Gasteiger partial charge >= 0.3 is 6.09 Å². The van der Waals surface area contributed by atoms with Gasteiger partial charge in [0.2, 0.25) is 0 Å².